The number of hydrogen-bond acceptors (Lipinski definition) is 9. The number of aliphatic hydroxyl groups excluding tert-OH is 3. The van der Waals surface area contributed by atoms with Crippen LogP contribution < -0.4 is 14.2 Å². The molecule has 0 heterocycles. The van der Waals surface area contributed by atoms with E-state index in [4.69, 9.17) is 18.9 Å². The van der Waals surface area contributed by atoms with Crippen LogP contribution in [0, 0.1) is 5.92 Å². The molecule has 1 fully saturated rings. The summed E-state index contributed by atoms with van der Waals surface area (Å²) in [6.45, 7) is -0.752. The second kappa shape index (κ2) is 15.0. The first-order valence-corrected chi connectivity index (χ1v) is 13.3. The van der Waals surface area contributed by atoms with Crippen LogP contribution in [0.5, 0.6) is 28.7 Å². The Labute approximate surface area is 224 Å². The summed E-state index contributed by atoms with van der Waals surface area (Å²) in [5, 5.41) is 50.8. The van der Waals surface area contributed by atoms with Crippen molar-refractivity contribution in [2.75, 3.05) is 27.6 Å². The Bertz CT molecular complexity index is 965. The molecule has 0 amide bonds. The largest absolute Gasteiger partial charge is 0.504 e. The number of rotatable bonds is 15. The van der Waals surface area contributed by atoms with Crippen LogP contribution in [-0.2, 0) is 17.6 Å². The van der Waals surface area contributed by atoms with Gasteiger partial charge in [0.15, 0.2) is 23.0 Å². The summed E-state index contributed by atoms with van der Waals surface area (Å²) in [6, 6.07) is 8.60. The van der Waals surface area contributed by atoms with Gasteiger partial charge in [0.1, 0.15) is 6.79 Å². The molecule has 0 aromatic heterocycles. The number of phenolic OH excluding ortho intramolecular Hbond substituents is 2. The van der Waals surface area contributed by atoms with Gasteiger partial charge >= 0.3 is 0 Å². The monoisotopic (exact) mass is 534 g/mol. The van der Waals surface area contributed by atoms with Crippen LogP contribution in [0.15, 0.2) is 30.3 Å². The molecule has 5 N–H and O–H groups in total. The van der Waals surface area contributed by atoms with Crippen molar-refractivity contribution in [2.45, 2.75) is 76.1 Å². The van der Waals surface area contributed by atoms with Crippen molar-refractivity contribution in [1.29, 1.82) is 0 Å². The first-order valence-electron chi connectivity index (χ1n) is 13.3. The molecule has 0 aliphatic heterocycles. The molecule has 3 atom stereocenters. The molecule has 0 spiro atoms. The molecule has 212 valence electrons. The van der Waals surface area contributed by atoms with Crippen LogP contribution in [-0.4, -0.2) is 71.5 Å². The number of aryl methyl sites for hydroxylation is 1. The van der Waals surface area contributed by atoms with Crippen LogP contribution in [0.4, 0.5) is 0 Å². The summed E-state index contributed by atoms with van der Waals surface area (Å²) in [6.07, 6.45) is 5.86. The third-order valence-electron chi connectivity index (χ3n) is 7.26. The highest BCUT2D eigenvalue weighted by molar-refractivity contribution is 5.52. The highest BCUT2D eigenvalue weighted by Crippen LogP contribution is 2.38. The van der Waals surface area contributed by atoms with Crippen molar-refractivity contribution in [2.24, 2.45) is 5.92 Å². The standard InChI is InChI=1S/C29H42O9/c1-35-27-14-20(15-28(36-2)29(27)34)12-21(17-30)25(33)16-23(37-18-31)10-8-19-9-11-24(32)26(13-19)38-22-6-4-3-5-7-22/h9,11,13-15,21-23,25,30-34H,3-8,10,12,16-18H2,1-2H3. The van der Waals surface area contributed by atoms with Crippen LogP contribution in [0.3, 0.4) is 0 Å². The highest BCUT2D eigenvalue weighted by Gasteiger charge is 2.25. The molecule has 0 radical (unpaired) electrons. The maximum Gasteiger partial charge on any atom is 0.200 e. The van der Waals surface area contributed by atoms with Gasteiger partial charge in [-0.25, -0.2) is 0 Å². The second-order valence-corrected chi connectivity index (χ2v) is 9.94. The molecule has 0 bridgehead atoms. The number of aliphatic hydroxyl groups is 3. The predicted molar refractivity (Wildman–Crippen MR) is 142 cm³/mol. The maximum absolute atomic E-state index is 10.9. The third kappa shape index (κ3) is 8.39. The van der Waals surface area contributed by atoms with Gasteiger partial charge in [-0.1, -0.05) is 12.5 Å². The first-order chi connectivity index (χ1) is 18.4. The quantitative estimate of drug-likeness (QED) is 0.217. The Hall–Kier alpha value is -2.72. The summed E-state index contributed by atoms with van der Waals surface area (Å²) in [7, 11) is 2.87. The molecule has 2 aromatic carbocycles. The van der Waals surface area contributed by atoms with E-state index in [1.165, 1.54) is 20.6 Å². The maximum atomic E-state index is 10.9. The van der Waals surface area contributed by atoms with Crippen molar-refractivity contribution in [1.82, 2.24) is 0 Å². The topological polar surface area (TPSA) is 138 Å². The highest BCUT2D eigenvalue weighted by atomic mass is 16.6. The molecule has 9 nitrogen and oxygen atoms in total. The smallest absolute Gasteiger partial charge is 0.200 e. The van der Waals surface area contributed by atoms with Crippen molar-refractivity contribution in [3.8, 4) is 28.7 Å². The Kier molecular flexibility index (Phi) is 11.8. The minimum absolute atomic E-state index is 0.113. The average molecular weight is 535 g/mol. The van der Waals surface area contributed by atoms with Crippen molar-refractivity contribution in [3.63, 3.8) is 0 Å². The van der Waals surface area contributed by atoms with E-state index in [0.717, 1.165) is 36.8 Å². The Morgan fingerprint density at radius 1 is 0.895 bits per heavy atom. The van der Waals surface area contributed by atoms with Gasteiger partial charge in [-0.05, 0) is 86.8 Å². The lowest BCUT2D eigenvalue weighted by Crippen LogP contribution is -2.31. The fourth-order valence-corrected chi connectivity index (χ4v) is 5.03. The van der Waals surface area contributed by atoms with E-state index in [9.17, 15) is 25.5 Å². The van der Waals surface area contributed by atoms with Gasteiger partial charge in [0, 0.05) is 12.5 Å². The Morgan fingerprint density at radius 2 is 1.55 bits per heavy atom. The average Bonchev–Trinajstić information content (AvgIpc) is 2.93. The lowest BCUT2D eigenvalue weighted by atomic mass is 9.90. The summed E-state index contributed by atoms with van der Waals surface area (Å²) >= 11 is 0. The summed E-state index contributed by atoms with van der Waals surface area (Å²) in [5.74, 6) is 0.460. The lowest BCUT2D eigenvalue weighted by Gasteiger charge is -2.26. The van der Waals surface area contributed by atoms with Crippen molar-refractivity contribution in [3.05, 3.63) is 41.5 Å². The molecule has 3 unspecified atom stereocenters. The van der Waals surface area contributed by atoms with Gasteiger partial charge < -0.3 is 44.5 Å². The fourth-order valence-electron chi connectivity index (χ4n) is 5.03. The van der Waals surface area contributed by atoms with Crippen LogP contribution in [0.2, 0.25) is 0 Å². The Balaban J connectivity index is 1.61. The van der Waals surface area contributed by atoms with E-state index in [0.29, 0.717) is 25.0 Å². The van der Waals surface area contributed by atoms with E-state index in [1.807, 2.05) is 12.1 Å². The minimum atomic E-state index is -0.910. The molecule has 1 aliphatic carbocycles. The van der Waals surface area contributed by atoms with E-state index in [1.54, 1.807) is 18.2 Å². The van der Waals surface area contributed by atoms with Crippen LogP contribution >= 0.6 is 0 Å². The van der Waals surface area contributed by atoms with E-state index in [-0.39, 0.29) is 42.1 Å². The van der Waals surface area contributed by atoms with Gasteiger partial charge in [-0.3, -0.25) is 0 Å². The molecule has 1 saturated carbocycles. The normalized spacial score (nSPS) is 16.6. The molecule has 1 aliphatic rings. The van der Waals surface area contributed by atoms with Gasteiger partial charge in [-0.2, -0.15) is 0 Å². The van der Waals surface area contributed by atoms with Crippen molar-refractivity contribution < 1.29 is 44.5 Å². The molecular weight excluding hydrogens is 492 g/mol. The van der Waals surface area contributed by atoms with Crippen molar-refractivity contribution >= 4 is 0 Å². The molecular formula is C29H42O9. The number of phenols is 2. The summed E-state index contributed by atoms with van der Waals surface area (Å²) in [4.78, 5) is 0. The van der Waals surface area contributed by atoms with Gasteiger partial charge in [0.25, 0.3) is 0 Å². The van der Waals surface area contributed by atoms with E-state index < -0.39 is 24.9 Å². The van der Waals surface area contributed by atoms with E-state index >= 15 is 0 Å². The lowest BCUT2D eigenvalue weighted by molar-refractivity contribution is -0.0765. The zero-order valence-electron chi connectivity index (χ0n) is 22.3. The van der Waals surface area contributed by atoms with Gasteiger partial charge in [-0.15, -0.1) is 0 Å². The first kappa shape index (κ1) is 29.8. The number of methoxy groups -OCH3 is 2. The summed E-state index contributed by atoms with van der Waals surface area (Å²) < 4.78 is 22.0. The van der Waals surface area contributed by atoms with Gasteiger partial charge in [0.05, 0.1) is 32.5 Å². The third-order valence-corrected chi connectivity index (χ3v) is 7.26. The predicted octanol–water partition coefficient (Wildman–Crippen LogP) is 3.70. The summed E-state index contributed by atoms with van der Waals surface area (Å²) in [5.41, 5.74) is 1.68. The molecule has 3 rings (SSSR count). The number of benzene rings is 2. The number of aromatic hydroxyl groups is 2. The van der Waals surface area contributed by atoms with Crippen LogP contribution in [0.25, 0.3) is 0 Å². The van der Waals surface area contributed by atoms with E-state index in [2.05, 4.69) is 0 Å². The Morgan fingerprint density at radius 3 is 2.16 bits per heavy atom. The zero-order chi connectivity index (χ0) is 27.5. The van der Waals surface area contributed by atoms with Gasteiger partial charge in [0.2, 0.25) is 5.75 Å². The zero-order valence-corrected chi connectivity index (χ0v) is 22.3. The molecule has 2 aromatic rings. The molecule has 9 heteroatoms. The molecule has 38 heavy (non-hydrogen) atoms. The second-order valence-electron chi connectivity index (χ2n) is 9.94. The van der Waals surface area contributed by atoms with Crippen LogP contribution in [0.1, 0.15) is 56.1 Å². The minimum Gasteiger partial charge on any atom is -0.504 e. The molecule has 0 saturated heterocycles. The number of hydrogen-bond donors (Lipinski definition) is 5. The SMILES string of the molecule is COc1cc(CC(CO)C(O)CC(CCc2ccc(O)c(OC3CCCCC3)c2)OCO)cc(OC)c1O. The fraction of sp³-hybridized carbons (Fsp3) is 0.586. The number of ether oxygens (including phenoxy) is 4.